The Balaban J connectivity index is 2.43. The van der Waals surface area contributed by atoms with Crippen molar-refractivity contribution in [2.75, 3.05) is 0 Å². The van der Waals surface area contributed by atoms with Crippen LogP contribution in [0.4, 0.5) is 0 Å². The van der Waals surface area contributed by atoms with Gasteiger partial charge in [0.2, 0.25) is 5.72 Å². The molecule has 2 rings (SSSR count). The van der Waals surface area contributed by atoms with Gasteiger partial charge in [0.25, 0.3) is 0 Å². The summed E-state index contributed by atoms with van der Waals surface area (Å²) in [5.74, 6) is 0. The Morgan fingerprint density at radius 3 is 2.50 bits per heavy atom. The Kier molecular flexibility index (Phi) is 1.55. The maximum Gasteiger partial charge on any atom is 0.202 e. The van der Waals surface area contributed by atoms with Crippen LogP contribution in [-0.2, 0) is 5.72 Å². The van der Waals surface area contributed by atoms with Crippen LogP contribution in [-0.4, -0.2) is 11.3 Å². The van der Waals surface area contributed by atoms with Crippen LogP contribution < -0.4 is 0 Å². The molecule has 0 fully saturated rings. The molecule has 0 radical (unpaired) electrons. The zero-order chi connectivity index (χ0) is 8.44. The van der Waals surface area contributed by atoms with Gasteiger partial charge in [-0.15, -0.1) is 0 Å². The molecule has 1 aromatic rings. The largest absolute Gasteiger partial charge is 0.362 e. The molecule has 1 unspecified atom stereocenters. The van der Waals surface area contributed by atoms with Gasteiger partial charge in [0.1, 0.15) is 0 Å². The van der Waals surface area contributed by atoms with E-state index in [2.05, 4.69) is 4.99 Å². The standard InChI is InChI=1S/C10H9NO/c12-10(7-4-8-11-10)9-5-2-1-3-6-9/h1-8,12H. The first-order chi connectivity index (χ1) is 5.81. The van der Waals surface area contributed by atoms with E-state index in [-0.39, 0.29) is 0 Å². The molecular weight excluding hydrogens is 150 g/mol. The predicted molar refractivity (Wildman–Crippen MR) is 48.0 cm³/mol. The second-order valence-corrected chi connectivity index (χ2v) is 2.73. The lowest BCUT2D eigenvalue weighted by molar-refractivity contribution is 0.104. The van der Waals surface area contributed by atoms with Crippen LogP contribution in [0.25, 0.3) is 0 Å². The number of hydrogen-bond acceptors (Lipinski definition) is 2. The Morgan fingerprint density at radius 1 is 1.17 bits per heavy atom. The first-order valence-corrected chi connectivity index (χ1v) is 3.82. The highest BCUT2D eigenvalue weighted by molar-refractivity contribution is 5.75. The van der Waals surface area contributed by atoms with Crippen molar-refractivity contribution in [3.05, 3.63) is 48.0 Å². The van der Waals surface area contributed by atoms with Gasteiger partial charge >= 0.3 is 0 Å². The number of hydrogen-bond donors (Lipinski definition) is 1. The van der Waals surface area contributed by atoms with Crippen LogP contribution in [0.5, 0.6) is 0 Å². The lowest BCUT2D eigenvalue weighted by atomic mass is 10.0. The van der Waals surface area contributed by atoms with Crippen LogP contribution in [0.1, 0.15) is 5.56 Å². The summed E-state index contributed by atoms with van der Waals surface area (Å²) in [7, 11) is 0. The van der Waals surface area contributed by atoms with E-state index in [4.69, 9.17) is 0 Å². The summed E-state index contributed by atoms with van der Waals surface area (Å²) in [4.78, 5) is 3.96. The smallest absolute Gasteiger partial charge is 0.202 e. The quantitative estimate of drug-likeness (QED) is 0.661. The molecule has 1 aromatic carbocycles. The minimum absolute atomic E-state index is 0.801. The van der Waals surface area contributed by atoms with Gasteiger partial charge in [0.05, 0.1) is 0 Å². The maximum atomic E-state index is 9.88. The summed E-state index contributed by atoms with van der Waals surface area (Å²) in [5, 5.41) is 9.88. The van der Waals surface area contributed by atoms with E-state index in [1.54, 1.807) is 18.4 Å². The molecule has 0 amide bonds. The highest BCUT2D eigenvalue weighted by Gasteiger charge is 2.25. The highest BCUT2D eigenvalue weighted by Crippen LogP contribution is 2.26. The van der Waals surface area contributed by atoms with Gasteiger partial charge in [-0.3, -0.25) is 4.99 Å². The number of aliphatic imine (C=N–C) groups is 1. The Morgan fingerprint density at radius 2 is 1.92 bits per heavy atom. The van der Waals surface area contributed by atoms with E-state index in [1.165, 1.54) is 0 Å². The molecule has 0 aromatic heterocycles. The topological polar surface area (TPSA) is 32.6 Å². The number of nitrogens with zero attached hydrogens (tertiary/aromatic N) is 1. The minimum Gasteiger partial charge on any atom is -0.362 e. The van der Waals surface area contributed by atoms with Crippen molar-refractivity contribution in [3.63, 3.8) is 0 Å². The molecule has 0 saturated carbocycles. The van der Waals surface area contributed by atoms with Gasteiger partial charge in [-0.05, 0) is 12.2 Å². The number of aliphatic hydroxyl groups is 1. The lowest BCUT2D eigenvalue weighted by Crippen LogP contribution is -2.17. The SMILES string of the molecule is OC1(c2ccccc2)C=CC=N1. The van der Waals surface area contributed by atoms with Gasteiger partial charge in [0, 0.05) is 11.8 Å². The molecule has 1 atom stereocenters. The Hall–Kier alpha value is -1.41. The fourth-order valence-corrected chi connectivity index (χ4v) is 1.23. The number of allylic oxidation sites excluding steroid dienone is 1. The second kappa shape index (κ2) is 2.57. The fourth-order valence-electron chi connectivity index (χ4n) is 1.23. The van der Waals surface area contributed by atoms with Gasteiger partial charge < -0.3 is 5.11 Å². The molecule has 1 N–H and O–H groups in total. The van der Waals surface area contributed by atoms with Crippen molar-refractivity contribution in [2.24, 2.45) is 4.99 Å². The molecule has 1 aliphatic heterocycles. The van der Waals surface area contributed by atoms with Crippen molar-refractivity contribution in [2.45, 2.75) is 5.72 Å². The minimum atomic E-state index is -1.12. The molecule has 0 spiro atoms. The summed E-state index contributed by atoms with van der Waals surface area (Å²) >= 11 is 0. The molecule has 0 saturated heterocycles. The van der Waals surface area contributed by atoms with Crippen LogP contribution in [0.3, 0.4) is 0 Å². The zero-order valence-electron chi connectivity index (χ0n) is 6.51. The first kappa shape index (κ1) is 7.25. The summed E-state index contributed by atoms with van der Waals surface area (Å²) in [6.07, 6.45) is 5.02. The molecule has 2 heteroatoms. The van der Waals surface area contributed by atoms with E-state index in [0.717, 1.165) is 5.56 Å². The van der Waals surface area contributed by atoms with E-state index >= 15 is 0 Å². The lowest BCUT2D eigenvalue weighted by Gasteiger charge is -2.16. The third-order valence-electron chi connectivity index (χ3n) is 1.88. The van der Waals surface area contributed by atoms with Gasteiger partial charge in [-0.2, -0.15) is 0 Å². The number of benzene rings is 1. The van der Waals surface area contributed by atoms with Crippen molar-refractivity contribution in [1.82, 2.24) is 0 Å². The molecule has 0 bridgehead atoms. The van der Waals surface area contributed by atoms with Crippen LogP contribution in [0.15, 0.2) is 47.5 Å². The normalized spacial score (nSPS) is 26.4. The Bertz CT molecular complexity index is 315. The van der Waals surface area contributed by atoms with Gasteiger partial charge in [-0.25, -0.2) is 0 Å². The van der Waals surface area contributed by atoms with Crippen molar-refractivity contribution >= 4 is 6.21 Å². The van der Waals surface area contributed by atoms with E-state index in [1.807, 2.05) is 30.3 Å². The average Bonchev–Trinajstić information content (AvgIpc) is 2.55. The summed E-state index contributed by atoms with van der Waals surface area (Å²) < 4.78 is 0. The third-order valence-corrected chi connectivity index (χ3v) is 1.88. The highest BCUT2D eigenvalue weighted by atomic mass is 16.3. The van der Waals surface area contributed by atoms with E-state index < -0.39 is 5.72 Å². The van der Waals surface area contributed by atoms with Crippen LogP contribution >= 0.6 is 0 Å². The second-order valence-electron chi connectivity index (χ2n) is 2.73. The van der Waals surface area contributed by atoms with Crippen LogP contribution in [0, 0.1) is 0 Å². The maximum absolute atomic E-state index is 9.88. The first-order valence-electron chi connectivity index (χ1n) is 3.82. The molecule has 1 heterocycles. The van der Waals surface area contributed by atoms with Crippen molar-refractivity contribution in [3.8, 4) is 0 Å². The molecule has 12 heavy (non-hydrogen) atoms. The van der Waals surface area contributed by atoms with Gasteiger partial charge in [0.15, 0.2) is 0 Å². The number of rotatable bonds is 1. The zero-order valence-corrected chi connectivity index (χ0v) is 6.51. The van der Waals surface area contributed by atoms with Crippen molar-refractivity contribution < 1.29 is 5.11 Å². The molecular formula is C10H9NO. The predicted octanol–water partition coefficient (Wildman–Crippen LogP) is 1.47. The summed E-state index contributed by atoms with van der Waals surface area (Å²) in [6.45, 7) is 0. The van der Waals surface area contributed by atoms with E-state index in [9.17, 15) is 5.11 Å². The Labute approximate surface area is 70.9 Å². The summed E-state index contributed by atoms with van der Waals surface area (Å²) in [5.41, 5.74) is -0.323. The van der Waals surface area contributed by atoms with Crippen molar-refractivity contribution in [1.29, 1.82) is 0 Å². The monoisotopic (exact) mass is 159 g/mol. The molecule has 0 aliphatic carbocycles. The molecule has 1 aliphatic rings. The molecule has 2 nitrogen and oxygen atoms in total. The fraction of sp³-hybridized carbons (Fsp3) is 0.100. The third kappa shape index (κ3) is 1.06. The van der Waals surface area contributed by atoms with Gasteiger partial charge in [-0.1, -0.05) is 30.3 Å². The molecule has 60 valence electrons. The van der Waals surface area contributed by atoms with Crippen LogP contribution in [0.2, 0.25) is 0 Å². The van der Waals surface area contributed by atoms with E-state index in [0.29, 0.717) is 0 Å². The average molecular weight is 159 g/mol. The summed E-state index contributed by atoms with van der Waals surface area (Å²) in [6, 6.07) is 9.39.